The second-order valence-corrected chi connectivity index (χ2v) is 16.9. The maximum atomic E-state index is 14.3. The number of aromatic nitrogens is 3. The van der Waals surface area contributed by atoms with Gasteiger partial charge in [-0.15, -0.1) is 0 Å². The molecule has 6 heterocycles. The Morgan fingerprint density at radius 3 is 2.47 bits per heavy atom. The smallest absolute Gasteiger partial charge is 0.304 e. The van der Waals surface area contributed by atoms with Crippen molar-refractivity contribution in [3.05, 3.63) is 82.4 Å². The van der Waals surface area contributed by atoms with Crippen LogP contribution in [0.4, 0.5) is 0 Å². The molecule has 1 atom stereocenters. The van der Waals surface area contributed by atoms with Crippen LogP contribution < -0.4 is 9.46 Å². The van der Waals surface area contributed by atoms with Gasteiger partial charge in [-0.25, -0.2) is 4.72 Å². The van der Waals surface area contributed by atoms with Gasteiger partial charge in [0.2, 0.25) is 0 Å². The van der Waals surface area contributed by atoms with Gasteiger partial charge in [-0.05, 0) is 84.7 Å². The first kappa shape index (κ1) is 33.9. The van der Waals surface area contributed by atoms with Crippen LogP contribution in [0.25, 0.3) is 33.8 Å². The molecule has 1 saturated carbocycles. The molecular formula is C40H45N7O5S. The molecule has 0 radical (unpaired) electrons. The molecule has 13 heteroatoms. The molecule has 3 fully saturated rings. The molecule has 2 saturated heterocycles. The summed E-state index contributed by atoms with van der Waals surface area (Å²) in [5.41, 5.74) is 8.80. The van der Waals surface area contributed by atoms with E-state index in [1.54, 1.807) is 24.1 Å². The highest BCUT2D eigenvalue weighted by atomic mass is 32.2. The highest BCUT2D eigenvalue weighted by Gasteiger charge is 2.39. The summed E-state index contributed by atoms with van der Waals surface area (Å²) >= 11 is 0. The largest absolute Gasteiger partial charge is 0.497 e. The summed E-state index contributed by atoms with van der Waals surface area (Å²) in [5.74, 6) is 0.324. The zero-order chi connectivity index (χ0) is 36.6. The number of aryl methyl sites for hydroxylation is 1. The van der Waals surface area contributed by atoms with Crippen molar-refractivity contribution in [2.24, 2.45) is 7.05 Å². The third-order valence-corrected chi connectivity index (χ3v) is 13.5. The highest BCUT2D eigenvalue weighted by molar-refractivity contribution is 7.87. The number of rotatable bonds is 7. The standard InChI is InChI=1S/C40H45N7O5S/c1-43-23-30-20-29(43)24-46(30)40(49)34-21-41-44(2)37(34)28-17-27-18-31(52-3)12-14-32(27)38-36(25-9-5-4-6-10-25)33-13-11-26(19-35(33)47(38)22-28)39(48)42-53(50,51)45-15-7-8-16-45/h11-14,17-19,21,24-25,30H,4-10,15-16,20,22-23H2,1-3H3,(H,42,48). The Hall–Kier alpha value is -4.88. The van der Waals surface area contributed by atoms with E-state index in [9.17, 15) is 18.0 Å². The molecule has 9 rings (SSSR count). The van der Waals surface area contributed by atoms with Crippen molar-refractivity contribution in [1.82, 2.24) is 33.2 Å². The van der Waals surface area contributed by atoms with Crippen LogP contribution in [0.5, 0.6) is 5.75 Å². The molecule has 1 unspecified atom stereocenters. The zero-order valence-electron chi connectivity index (χ0n) is 30.5. The van der Waals surface area contributed by atoms with E-state index >= 15 is 0 Å². The number of hydrogen-bond acceptors (Lipinski definition) is 7. The van der Waals surface area contributed by atoms with Gasteiger partial charge in [-0.2, -0.15) is 17.8 Å². The molecule has 0 spiro atoms. The summed E-state index contributed by atoms with van der Waals surface area (Å²) in [5, 5.41) is 5.69. The summed E-state index contributed by atoms with van der Waals surface area (Å²) in [6.45, 7) is 2.02. The Balaban J connectivity index is 1.21. The van der Waals surface area contributed by atoms with Crippen molar-refractivity contribution in [3.8, 4) is 17.0 Å². The number of fused-ring (bicyclic) bond motifs is 7. The normalized spacial score (nSPS) is 20.3. The molecule has 2 aromatic heterocycles. The first-order valence-corrected chi connectivity index (χ1v) is 20.2. The van der Waals surface area contributed by atoms with Crippen molar-refractivity contribution in [2.75, 3.05) is 33.8 Å². The second kappa shape index (κ2) is 12.9. The van der Waals surface area contributed by atoms with Gasteiger partial charge >= 0.3 is 10.2 Å². The first-order chi connectivity index (χ1) is 25.6. The number of nitrogens with one attached hydrogen (secondary N) is 1. The minimum absolute atomic E-state index is 0.0733. The Kier molecular flexibility index (Phi) is 8.26. The SMILES string of the molecule is COc1ccc2c(c1)C=C(c1c(C(=O)N3C=C4CC3CN4C)cnn1C)Cn1c-2c(C2CCCCC2)c2ccc(C(=O)NS(=O)(=O)N3CCCC3)cc21. The first-order valence-electron chi connectivity index (χ1n) is 18.8. The summed E-state index contributed by atoms with van der Waals surface area (Å²) in [6, 6.07) is 11.8. The van der Waals surface area contributed by atoms with E-state index in [1.807, 2.05) is 42.4 Å². The van der Waals surface area contributed by atoms with E-state index in [2.05, 4.69) is 38.5 Å². The minimum Gasteiger partial charge on any atom is -0.497 e. The number of methoxy groups -OCH3 is 1. The van der Waals surface area contributed by atoms with E-state index in [1.165, 1.54) is 16.3 Å². The summed E-state index contributed by atoms with van der Waals surface area (Å²) in [7, 11) is 1.64. The van der Waals surface area contributed by atoms with Crippen molar-refractivity contribution in [2.45, 2.75) is 69.9 Å². The maximum Gasteiger partial charge on any atom is 0.304 e. The molecule has 1 aliphatic carbocycles. The number of nitrogens with zero attached hydrogens (tertiary/aromatic N) is 6. The molecule has 12 nitrogen and oxygen atoms in total. The number of benzene rings is 2. The van der Waals surface area contributed by atoms with Crippen LogP contribution in [0.1, 0.15) is 94.8 Å². The van der Waals surface area contributed by atoms with E-state index in [0.717, 1.165) is 102 Å². The Bertz CT molecular complexity index is 2340. The maximum absolute atomic E-state index is 14.3. The van der Waals surface area contributed by atoms with Gasteiger partial charge in [0.1, 0.15) is 5.75 Å². The lowest BCUT2D eigenvalue weighted by Crippen LogP contribution is -2.42. The summed E-state index contributed by atoms with van der Waals surface area (Å²) in [4.78, 5) is 32.1. The van der Waals surface area contributed by atoms with Gasteiger partial charge in [0, 0.05) is 74.1 Å². The lowest BCUT2D eigenvalue weighted by molar-refractivity contribution is 0.0771. The molecule has 5 aliphatic rings. The van der Waals surface area contributed by atoms with E-state index < -0.39 is 16.1 Å². The van der Waals surface area contributed by atoms with Crippen molar-refractivity contribution >= 4 is 44.6 Å². The predicted octanol–water partition coefficient (Wildman–Crippen LogP) is 5.72. The second-order valence-electron chi connectivity index (χ2n) is 15.2. The van der Waals surface area contributed by atoms with Crippen LogP contribution in [0.2, 0.25) is 0 Å². The fourth-order valence-corrected chi connectivity index (χ4v) is 10.6. The molecule has 2 aromatic carbocycles. The average molecular weight is 736 g/mol. The molecule has 2 bridgehead atoms. The third-order valence-electron chi connectivity index (χ3n) is 12.0. The minimum atomic E-state index is -3.96. The fraction of sp³-hybridized carbons (Fsp3) is 0.425. The number of likely N-dealkylation sites (N-methyl/N-ethyl adjacent to an activating group) is 1. The lowest BCUT2D eigenvalue weighted by atomic mass is 9.81. The third kappa shape index (κ3) is 5.67. The molecular weight excluding hydrogens is 691 g/mol. The van der Waals surface area contributed by atoms with Crippen molar-refractivity contribution in [3.63, 3.8) is 0 Å². The molecule has 276 valence electrons. The molecule has 4 aliphatic heterocycles. The average Bonchev–Trinajstić information content (AvgIpc) is 4.00. The van der Waals surface area contributed by atoms with Crippen molar-refractivity contribution in [1.29, 1.82) is 0 Å². The number of amides is 2. The number of hydrogen-bond donors (Lipinski definition) is 1. The van der Waals surface area contributed by atoms with Gasteiger partial charge in [-0.3, -0.25) is 14.3 Å². The zero-order valence-corrected chi connectivity index (χ0v) is 31.3. The fourth-order valence-electron chi connectivity index (χ4n) is 9.33. The predicted molar refractivity (Wildman–Crippen MR) is 203 cm³/mol. The van der Waals surface area contributed by atoms with Gasteiger partial charge in [0.15, 0.2) is 0 Å². The van der Waals surface area contributed by atoms with Crippen molar-refractivity contribution < 1.29 is 22.7 Å². The van der Waals surface area contributed by atoms with E-state index in [4.69, 9.17) is 4.74 Å². The summed E-state index contributed by atoms with van der Waals surface area (Å²) < 4.78 is 39.7. The number of ether oxygens (including phenoxy) is 1. The highest BCUT2D eigenvalue weighted by Crippen LogP contribution is 2.48. The van der Waals surface area contributed by atoms with Crippen LogP contribution in [0.15, 0.2) is 54.5 Å². The Morgan fingerprint density at radius 2 is 1.75 bits per heavy atom. The topological polar surface area (TPSA) is 122 Å². The molecule has 4 aromatic rings. The molecule has 2 amide bonds. The van der Waals surface area contributed by atoms with Crippen LogP contribution in [0, 0.1) is 0 Å². The van der Waals surface area contributed by atoms with Gasteiger partial charge < -0.3 is 19.1 Å². The monoisotopic (exact) mass is 735 g/mol. The summed E-state index contributed by atoms with van der Waals surface area (Å²) in [6.07, 6.45) is 13.8. The van der Waals surface area contributed by atoms with Gasteiger partial charge in [-0.1, -0.05) is 25.3 Å². The molecule has 53 heavy (non-hydrogen) atoms. The van der Waals surface area contributed by atoms with E-state index in [-0.39, 0.29) is 17.5 Å². The number of allylic oxidation sites excluding steroid dienone is 1. The number of carbonyl (C=O) groups is 2. The Labute approximate surface area is 309 Å². The van der Waals surface area contributed by atoms with Crippen LogP contribution in [0.3, 0.4) is 0 Å². The van der Waals surface area contributed by atoms with Crippen LogP contribution >= 0.6 is 0 Å². The van der Waals surface area contributed by atoms with Gasteiger partial charge in [0.25, 0.3) is 11.8 Å². The number of carbonyl (C=O) groups excluding carboxylic acids is 2. The Morgan fingerprint density at radius 1 is 0.962 bits per heavy atom. The van der Waals surface area contributed by atoms with Crippen LogP contribution in [-0.2, 0) is 23.8 Å². The van der Waals surface area contributed by atoms with E-state index in [0.29, 0.717) is 31.1 Å². The van der Waals surface area contributed by atoms with Crippen LogP contribution in [-0.4, -0.2) is 88.5 Å². The quantitative estimate of drug-likeness (QED) is 0.258. The molecule has 1 N–H and O–H groups in total. The number of likely N-dealkylation sites (tertiary alicyclic amines) is 1. The van der Waals surface area contributed by atoms with Gasteiger partial charge in [0.05, 0.1) is 42.8 Å². The lowest BCUT2D eigenvalue weighted by Gasteiger charge is -2.27.